The first-order chi connectivity index (χ1) is 7.63. The fraction of sp³-hybridized carbons (Fsp3) is 0.200. The Morgan fingerprint density at radius 3 is 2.06 bits per heavy atom. The van der Waals surface area contributed by atoms with E-state index in [9.17, 15) is 21.6 Å². The van der Waals surface area contributed by atoms with E-state index in [-0.39, 0.29) is 10.6 Å². The largest absolute Gasteiger partial charge is 0.416 e. The first-order valence-electron chi connectivity index (χ1n) is 4.49. The van der Waals surface area contributed by atoms with Gasteiger partial charge in [-0.1, -0.05) is 0 Å². The number of halogens is 3. The van der Waals surface area contributed by atoms with Crippen LogP contribution < -0.4 is 5.73 Å². The average molecular weight is 265 g/mol. The van der Waals surface area contributed by atoms with Crippen molar-refractivity contribution < 1.29 is 21.6 Å². The maximum atomic E-state index is 12.2. The van der Waals surface area contributed by atoms with Crippen molar-refractivity contribution >= 4 is 9.84 Å². The van der Waals surface area contributed by atoms with Crippen LogP contribution in [0.25, 0.3) is 0 Å². The maximum Gasteiger partial charge on any atom is 0.416 e. The second-order valence-corrected chi connectivity index (χ2v) is 5.23. The van der Waals surface area contributed by atoms with Crippen LogP contribution in [0.5, 0.6) is 0 Å². The molecular formula is C10H10F3NO2S. The van der Waals surface area contributed by atoms with Crippen LogP contribution in [0.15, 0.2) is 40.3 Å². The summed E-state index contributed by atoms with van der Waals surface area (Å²) in [5.74, 6) is 0. The Kier molecular flexibility index (Phi) is 3.51. The highest BCUT2D eigenvalue weighted by atomic mass is 32.2. The zero-order valence-corrected chi connectivity index (χ0v) is 9.64. The zero-order chi connectivity index (χ0) is 13.3. The smallest absolute Gasteiger partial charge is 0.402 e. The minimum Gasteiger partial charge on any atom is -0.402 e. The molecule has 1 rings (SSSR count). The number of hydrogen-bond acceptors (Lipinski definition) is 3. The summed E-state index contributed by atoms with van der Waals surface area (Å²) < 4.78 is 59.9. The summed E-state index contributed by atoms with van der Waals surface area (Å²) in [6, 6.07) is 3.23. The number of alkyl halides is 3. The fourth-order valence-electron chi connectivity index (χ4n) is 1.15. The van der Waals surface area contributed by atoms with Crippen molar-refractivity contribution in [2.75, 3.05) is 0 Å². The predicted molar refractivity (Wildman–Crippen MR) is 56.6 cm³/mol. The molecule has 0 saturated heterocycles. The third-order valence-electron chi connectivity index (χ3n) is 1.85. The van der Waals surface area contributed by atoms with Crippen molar-refractivity contribution in [2.45, 2.75) is 18.0 Å². The van der Waals surface area contributed by atoms with Crippen molar-refractivity contribution in [3.63, 3.8) is 0 Å². The van der Waals surface area contributed by atoms with Crippen LogP contribution in [0.1, 0.15) is 12.5 Å². The van der Waals surface area contributed by atoms with Crippen LogP contribution in [0.4, 0.5) is 13.2 Å². The minimum atomic E-state index is -4.48. The van der Waals surface area contributed by atoms with Crippen molar-refractivity contribution in [1.82, 2.24) is 0 Å². The summed E-state index contributed by atoms with van der Waals surface area (Å²) in [5, 5.41) is 0.801. The molecule has 0 fully saturated rings. The van der Waals surface area contributed by atoms with Gasteiger partial charge in [0.05, 0.1) is 15.9 Å². The second-order valence-electron chi connectivity index (χ2n) is 3.43. The number of allylic oxidation sites excluding steroid dienone is 1. The number of hydrogen-bond donors (Lipinski definition) is 1. The third kappa shape index (κ3) is 3.48. The van der Waals surface area contributed by atoms with Crippen molar-refractivity contribution in [3.8, 4) is 0 Å². The Balaban J connectivity index is 3.17. The average Bonchev–Trinajstić information content (AvgIpc) is 2.14. The molecule has 0 aliphatic rings. The van der Waals surface area contributed by atoms with Crippen LogP contribution in [-0.2, 0) is 16.0 Å². The van der Waals surface area contributed by atoms with Gasteiger partial charge in [-0.15, -0.1) is 0 Å². The molecule has 0 spiro atoms. The summed E-state index contributed by atoms with van der Waals surface area (Å²) in [4.78, 5) is -0.227. The van der Waals surface area contributed by atoms with E-state index in [1.165, 1.54) is 6.92 Å². The Morgan fingerprint density at radius 1 is 1.24 bits per heavy atom. The van der Waals surface area contributed by atoms with Gasteiger partial charge in [-0.25, -0.2) is 8.42 Å². The minimum absolute atomic E-state index is 0.0601. The molecule has 7 heteroatoms. The molecule has 0 bridgehead atoms. The molecule has 0 unspecified atom stereocenters. The summed E-state index contributed by atoms with van der Waals surface area (Å²) in [6.45, 7) is 1.38. The number of sulfone groups is 1. The van der Waals surface area contributed by atoms with Gasteiger partial charge in [-0.05, 0) is 31.2 Å². The van der Waals surface area contributed by atoms with E-state index in [0.717, 1.165) is 17.5 Å². The monoisotopic (exact) mass is 265 g/mol. The van der Waals surface area contributed by atoms with E-state index < -0.39 is 21.6 Å². The molecule has 0 atom stereocenters. The molecule has 17 heavy (non-hydrogen) atoms. The Bertz CT molecular complexity index is 526. The molecule has 1 aromatic carbocycles. The Hall–Kier alpha value is -1.50. The lowest BCUT2D eigenvalue weighted by Crippen LogP contribution is -2.06. The molecule has 0 aromatic heterocycles. The summed E-state index contributed by atoms with van der Waals surface area (Å²) >= 11 is 0. The van der Waals surface area contributed by atoms with Gasteiger partial charge in [-0.2, -0.15) is 13.2 Å². The van der Waals surface area contributed by atoms with Crippen LogP contribution in [0.2, 0.25) is 0 Å². The standard InChI is InChI=1S/C10H10F3NO2S/c1-7(14)6-17(15,16)9-4-2-8(3-5-9)10(11,12)13/h2-6H,14H2,1H3/b7-6-. The summed E-state index contributed by atoms with van der Waals surface area (Å²) in [6.07, 6.45) is -4.48. The molecule has 0 heterocycles. The van der Waals surface area contributed by atoms with Crippen molar-refractivity contribution in [1.29, 1.82) is 0 Å². The molecule has 0 amide bonds. The SMILES string of the molecule is C/C(N)=C/S(=O)(=O)c1ccc(C(F)(F)F)cc1. The number of rotatable bonds is 2. The molecule has 2 N–H and O–H groups in total. The van der Waals surface area contributed by atoms with Crippen LogP contribution in [0, 0.1) is 0 Å². The normalized spacial score (nSPS) is 13.8. The fourth-order valence-corrected chi connectivity index (χ4v) is 2.29. The maximum absolute atomic E-state index is 12.2. The Labute approximate surface area is 96.7 Å². The lowest BCUT2D eigenvalue weighted by Gasteiger charge is -2.07. The van der Waals surface area contributed by atoms with E-state index in [0.29, 0.717) is 12.1 Å². The summed E-state index contributed by atoms with van der Waals surface area (Å²) in [7, 11) is -3.78. The molecule has 0 aliphatic heterocycles. The second kappa shape index (κ2) is 4.40. The van der Waals surface area contributed by atoms with E-state index >= 15 is 0 Å². The molecule has 0 saturated carbocycles. The van der Waals surface area contributed by atoms with Crippen molar-refractivity contribution in [2.24, 2.45) is 5.73 Å². The van der Waals surface area contributed by atoms with Gasteiger partial charge in [0.25, 0.3) is 0 Å². The topological polar surface area (TPSA) is 60.2 Å². The van der Waals surface area contributed by atoms with Crippen LogP contribution in [0.3, 0.4) is 0 Å². The van der Waals surface area contributed by atoms with Crippen LogP contribution >= 0.6 is 0 Å². The van der Waals surface area contributed by atoms with Crippen molar-refractivity contribution in [3.05, 3.63) is 40.9 Å². The summed E-state index contributed by atoms with van der Waals surface area (Å²) in [5.41, 5.74) is 4.38. The highest BCUT2D eigenvalue weighted by Crippen LogP contribution is 2.29. The third-order valence-corrected chi connectivity index (χ3v) is 3.46. The lowest BCUT2D eigenvalue weighted by atomic mass is 10.2. The molecule has 0 aliphatic carbocycles. The molecular weight excluding hydrogens is 255 g/mol. The van der Waals surface area contributed by atoms with Gasteiger partial charge < -0.3 is 5.73 Å². The molecule has 0 radical (unpaired) electrons. The van der Waals surface area contributed by atoms with Gasteiger partial charge >= 0.3 is 6.18 Å². The quantitative estimate of drug-likeness (QED) is 0.892. The number of nitrogens with two attached hydrogens (primary N) is 1. The first kappa shape index (κ1) is 13.6. The number of benzene rings is 1. The van der Waals surface area contributed by atoms with Gasteiger partial charge in [-0.3, -0.25) is 0 Å². The van der Waals surface area contributed by atoms with E-state index in [2.05, 4.69) is 0 Å². The van der Waals surface area contributed by atoms with Gasteiger partial charge in [0.15, 0.2) is 0 Å². The van der Waals surface area contributed by atoms with E-state index in [1.807, 2.05) is 0 Å². The van der Waals surface area contributed by atoms with Gasteiger partial charge in [0.2, 0.25) is 9.84 Å². The van der Waals surface area contributed by atoms with E-state index in [4.69, 9.17) is 5.73 Å². The van der Waals surface area contributed by atoms with Gasteiger partial charge in [0, 0.05) is 5.70 Å². The molecule has 3 nitrogen and oxygen atoms in total. The molecule has 94 valence electrons. The lowest BCUT2D eigenvalue weighted by molar-refractivity contribution is -0.137. The Morgan fingerprint density at radius 2 is 1.71 bits per heavy atom. The molecule has 1 aromatic rings. The highest BCUT2D eigenvalue weighted by Gasteiger charge is 2.30. The van der Waals surface area contributed by atoms with Crippen LogP contribution in [-0.4, -0.2) is 8.42 Å². The van der Waals surface area contributed by atoms with E-state index in [1.54, 1.807) is 0 Å². The van der Waals surface area contributed by atoms with Gasteiger partial charge in [0.1, 0.15) is 0 Å². The zero-order valence-electron chi connectivity index (χ0n) is 8.82. The first-order valence-corrected chi connectivity index (χ1v) is 6.04. The predicted octanol–water partition coefficient (Wildman–Crippen LogP) is 2.30. The highest BCUT2D eigenvalue weighted by molar-refractivity contribution is 7.94.